The monoisotopic (exact) mass is 236 g/mol. The molecule has 0 fully saturated rings. The van der Waals surface area contributed by atoms with Crippen LogP contribution in [0.1, 0.15) is 31.1 Å². The van der Waals surface area contributed by atoms with Crippen molar-refractivity contribution in [2.45, 2.75) is 25.5 Å². The van der Waals surface area contributed by atoms with Crippen molar-refractivity contribution in [3.8, 4) is 0 Å². The lowest BCUT2D eigenvalue weighted by Crippen LogP contribution is -2.26. The molecule has 0 bridgehead atoms. The zero-order chi connectivity index (χ0) is 12.2. The van der Waals surface area contributed by atoms with Crippen LogP contribution in [0, 0.1) is 0 Å². The molecule has 1 rings (SSSR count). The largest absolute Gasteiger partial charge is 0.298 e. The maximum absolute atomic E-state index is 11.8. The van der Waals surface area contributed by atoms with Gasteiger partial charge in [-0.1, -0.05) is 30.3 Å². The van der Waals surface area contributed by atoms with Crippen molar-refractivity contribution in [3.05, 3.63) is 35.9 Å². The van der Waals surface area contributed by atoms with Gasteiger partial charge in [0.15, 0.2) is 5.78 Å². The molecule has 0 saturated carbocycles. The van der Waals surface area contributed by atoms with Gasteiger partial charge in [0, 0.05) is 5.56 Å². The molecule has 16 heavy (non-hydrogen) atoms. The smallest absolute Gasteiger partial charge is 0.172 e. The van der Waals surface area contributed by atoms with E-state index in [1.165, 1.54) is 11.8 Å². The summed E-state index contributed by atoms with van der Waals surface area (Å²) >= 11 is 1.39. The highest BCUT2D eigenvalue weighted by atomic mass is 32.2. The molecule has 2 nitrogen and oxygen atoms in total. The minimum absolute atomic E-state index is 0.0694. The van der Waals surface area contributed by atoms with Crippen LogP contribution in [-0.4, -0.2) is 22.1 Å². The van der Waals surface area contributed by atoms with Crippen molar-refractivity contribution in [2.24, 2.45) is 0 Å². The molecule has 0 atom stereocenters. The quantitative estimate of drug-likeness (QED) is 0.737. The zero-order valence-electron chi connectivity index (χ0n) is 9.82. The van der Waals surface area contributed by atoms with Crippen LogP contribution in [0.15, 0.2) is 30.3 Å². The van der Waals surface area contributed by atoms with E-state index in [1.54, 1.807) is 19.1 Å². The van der Waals surface area contributed by atoms with E-state index in [9.17, 15) is 9.59 Å². The summed E-state index contributed by atoms with van der Waals surface area (Å²) in [5.41, 5.74) is 0.703. The number of carbonyl (C=O) groups is 2. The Hall–Kier alpha value is -1.09. The second-order valence-electron chi connectivity index (χ2n) is 4.14. The van der Waals surface area contributed by atoms with Gasteiger partial charge in [-0.3, -0.25) is 9.59 Å². The topological polar surface area (TPSA) is 34.1 Å². The maximum Gasteiger partial charge on any atom is 0.172 e. The molecule has 0 aliphatic rings. The first-order chi connectivity index (χ1) is 7.43. The Morgan fingerprint density at radius 3 is 2.25 bits per heavy atom. The van der Waals surface area contributed by atoms with Gasteiger partial charge in [0.05, 0.1) is 10.5 Å². The molecule has 0 saturated heterocycles. The van der Waals surface area contributed by atoms with Gasteiger partial charge in [-0.05, 0) is 20.8 Å². The van der Waals surface area contributed by atoms with Crippen LogP contribution >= 0.6 is 11.8 Å². The summed E-state index contributed by atoms with van der Waals surface area (Å²) in [4.78, 5) is 23.1. The molecule has 0 N–H and O–H groups in total. The average Bonchev–Trinajstić information content (AvgIpc) is 2.27. The van der Waals surface area contributed by atoms with Gasteiger partial charge in [0.2, 0.25) is 0 Å². The summed E-state index contributed by atoms with van der Waals surface area (Å²) in [5.74, 6) is 0.509. The number of hydrogen-bond acceptors (Lipinski definition) is 3. The molecular formula is C13H16O2S. The minimum Gasteiger partial charge on any atom is -0.298 e. The van der Waals surface area contributed by atoms with Crippen LogP contribution in [-0.2, 0) is 4.79 Å². The molecule has 0 heterocycles. The summed E-state index contributed by atoms with van der Waals surface area (Å²) in [5, 5.41) is 0. The fourth-order valence-electron chi connectivity index (χ4n) is 1.05. The molecule has 1 aromatic carbocycles. The van der Waals surface area contributed by atoms with E-state index in [1.807, 2.05) is 32.0 Å². The van der Waals surface area contributed by atoms with E-state index in [0.717, 1.165) is 0 Å². The summed E-state index contributed by atoms with van der Waals surface area (Å²) < 4.78 is -0.482. The molecule has 3 heteroatoms. The Bertz CT molecular complexity index is 382. The van der Waals surface area contributed by atoms with Gasteiger partial charge in [-0.15, -0.1) is 11.8 Å². The molecule has 0 aliphatic carbocycles. The van der Waals surface area contributed by atoms with Gasteiger partial charge in [-0.2, -0.15) is 0 Å². The van der Waals surface area contributed by atoms with Crippen LogP contribution in [0.5, 0.6) is 0 Å². The SMILES string of the molecule is CC(=O)C(C)(C)SCC(=O)c1ccccc1. The number of rotatable bonds is 5. The van der Waals surface area contributed by atoms with E-state index < -0.39 is 4.75 Å². The molecule has 0 aromatic heterocycles. The highest BCUT2D eigenvalue weighted by Gasteiger charge is 2.25. The summed E-state index contributed by atoms with van der Waals surface area (Å²) in [7, 11) is 0. The van der Waals surface area contributed by atoms with Crippen molar-refractivity contribution >= 4 is 23.3 Å². The van der Waals surface area contributed by atoms with Crippen molar-refractivity contribution in [2.75, 3.05) is 5.75 Å². The van der Waals surface area contributed by atoms with E-state index in [4.69, 9.17) is 0 Å². The lowest BCUT2D eigenvalue weighted by molar-refractivity contribution is -0.118. The molecule has 86 valence electrons. The van der Waals surface area contributed by atoms with Gasteiger partial charge in [-0.25, -0.2) is 0 Å². The molecule has 0 aliphatic heterocycles. The Morgan fingerprint density at radius 2 is 1.75 bits per heavy atom. The highest BCUT2D eigenvalue weighted by molar-refractivity contribution is 8.02. The summed E-state index contributed by atoms with van der Waals surface area (Å²) in [6.07, 6.45) is 0. The molecule has 0 radical (unpaired) electrons. The molecule has 0 spiro atoms. The second kappa shape index (κ2) is 5.30. The lowest BCUT2D eigenvalue weighted by atomic mass is 10.1. The predicted octanol–water partition coefficient (Wildman–Crippen LogP) is 2.97. The van der Waals surface area contributed by atoms with Crippen LogP contribution in [0.3, 0.4) is 0 Å². The number of ketones is 2. The second-order valence-corrected chi connectivity index (χ2v) is 5.74. The maximum atomic E-state index is 11.8. The van der Waals surface area contributed by atoms with E-state index >= 15 is 0 Å². The number of benzene rings is 1. The summed E-state index contributed by atoms with van der Waals surface area (Å²) in [6.45, 7) is 5.25. The lowest BCUT2D eigenvalue weighted by Gasteiger charge is -2.19. The van der Waals surface area contributed by atoms with Crippen molar-refractivity contribution < 1.29 is 9.59 Å². The third kappa shape index (κ3) is 3.49. The molecular weight excluding hydrogens is 220 g/mol. The fraction of sp³-hybridized carbons (Fsp3) is 0.385. The Kier molecular flexibility index (Phi) is 4.30. The summed E-state index contributed by atoms with van der Waals surface area (Å²) in [6, 6.07) is 9.15. The highest BCUT2D eigenvalue weighted by Crippen LogP contribution is 2.25. The predicted molar refractivity (Wildman–Crippen MR) is 68.0 cm³/mol. The van der Waals surface area contributed by atoms with Crippen LogP contribution in [0.4, 0.5) is 0 Å². The van der Waals surface area contributed by atoms with Gasteiger partial charge in [0.25, 0.3) is 0 Å². The Morgan fingerprint density at radius 1 is 1.19 bits per heavy atom. The first-order valence-corrected chi connectivity index (χ1v) is 6.15. The Balaban J connectivity index is 2.58. The molecule has 0 amide bonds. The van der Waals surface area contributed by atoms with Crippen molar-refractivity contribution in [1.29, 1.82) is 0 Å². The third-order valence-corrected chi connectivity index (χ3v) is 3.92. The number of thioether (sulfide) groups is 1. The van der Waals surface area contributed by atoms with Gasteiger partial charge in [0.1, 0.15) is 5.78 Å². The van der Waals surface area contributed by atoms with Crippen molar-refractivity contribution in [1.82, 2.24) is 0 Å². The van der Waals surface area contributed by atoms with E-state index in [2.05, 4.69) is 0 Å². The number of carbonyl (C=O) groups excluding carboxylic acids is 2. The van der Waals surface area contributed by atoms with E-state index in [0.29, 0.717) is 11.3 Å². The normalized spacial score (nSPS) is 11.2. The standard InChI is InChI=1S/C13H16O2S/c1-10(14)13(2,3)16-9-12(15)11-7-5-4-6-8-11/h4-8H,9H2,1-3H3. The van der Waals surface area contributed by atoms with Crippen LogP contribution < -0.4 is 0 Å². The third-order valence-electron chi connectivity index (χ3n) is 2.51. The van der Waals surface area contributed by atoms with Crippen LogP contribution in [0.2, 0.25) is 0 Å². The van der Waals surface area contributed by atoms with Gasteiger partial charge < -0.3 is 0 Å². The minimum atomic E-state index is -0.482. The first kappa shape index (κ1) is 13.0. The molecule has 1 aromatic rings. The van der Waals surface area contributed by atoms with Gasteiger partial charge >= 0.3 is 0 Å². The zero-order valence-corrected chi connectivity index (χ0v) is 10.6. The Labute approximate surface area is 100 Å². The van der Waals surface area contributed by atoms with E-state index in [-0.39, 0.29) is 11.6 Å². The number of Topliss-reactive ketones (excluding diaryl/α,β-unsaturated/α-hetero) is 2. The number of hydrogen-bond donors (Lipinski definition) is 0. The first-order valence-electron chi connectivity index (χ1n) is 5.17. The average molecular weight is 236 g/mol. The fourth-order valence-corrected chi connectivity index (χ4v) is 1.92. The molecule has 0 unspecified atom stereocenters. The van der Waals surface area contributed by atoms with Crippen LogP contribution in [0.25, 0.3) is 0 Å². The van der Waals surface area contributed by atoms with Crippen molar-refractivity contribution in [3.63, 3.8) is 0 Å².